The molecule has 3 aromatic heterocycles. The van der Waals surface area contributed by atoms with Gasteiger partial charge in [0, 0.05) is 6.20 Å². The number of nitrogens with one attached hydrogen (secondary N) is 2. The number of aromatic nitrogens is 4. The SMILES string of the molecule is CCCCc1nc(-c2cc(CNc3cc(-c4ccc(C#N)cc4C)ccn3)n[nH]2)ccc1Cl. The lowest BCUT2D eigenvalue weighted by atomic mass is 9.99. The molecule has 0 aliphatic heterocycles. The topological polar surface area (TPSA) is 90.3 Å². The summed E-state index contributed by atoms with van der Waals surface area (Å²) >= 11 is 6.30. The van der Waals surface area contributed by atoms with Crippen LogP contribution in [0.15, 0.2) is 54.7 Å². The van der Waals surface area contributed by atoms with E-state index >= 15 is 0 Å². The number of pyridine rings is 2. The molecule has 0 amide bonds. The van der Waals surface area contributed by atoms with Crippen LogP contribution >= 0.6 is 11.6 Å². The molecule has 1 aromatic carbocycles. The van der Waals surface area contributed by atoms with E-state index in [-0.39, 0.29) is 0 Å². The number of anilines is 1. The molecular weight excluding hydrogens is 432 g/mol. The number of unbranched alkanes of at least 4 members (excludes halogenated alkanes) is 1. The zero-order chi connectivity index (χ0) is 23.2. The Kier molecular flexibility index (Phi) is 7.01. The summed E-state index contributed by atoms with van der Waals surface area (Å²) in [5.74, 6) is 0.757. The van der Waals surface area contributed by atoms with E-state index in [9.17, 15) is 0 Å². The summed E-state index contributed by atoms with van der Waals surface area (Å²) < 4.78 is 0. The first-order valence-electron chi connectivity index (χ1n) is 11.0. The van der Waals surface area contributed by atoms with Crippen molar-refractivity contribution < 1.29 is 0 Å². The fourth-order valence-electron chi connectivity index (χ4n) is 3.67. The van der Waals surface area contributed by atoms with Crippen LogP contribution in [0.3, 0.4) is 0 Å². The first kappa shape index (κ1) is 22.5. The molecule has 166 valence electrons. The largest absolute Gasteiger partial charge is 0.364 e. The molecule has 4 rings (SSSR count). The number of nitriles is 1. The molecule has 0 radical (unpaired) electrons. The van der Waals surface area contributed by atoms with E-state index in [1.807, 2.05) is 55.5 Å². The van der Waals surface area contributed by atoms with Gasteiger partial charge in [0.05, 0.1) is 46.0 Å². The molecule has 0 spiro atoms. The number of nitrogens with zero attached hydrogens (tertiary/aromatic N) is 4. The minimum Gasteiger partial charge on any atom is -0.364 e. The van der Waals surface area contributed by atoms with E-state index in [4.69, 9.17) is 21.8 Å². The quantitative estimate of drug-likeness (QED) is 0.323. The van der Waals surface area contributed by atoms with Crippen molar-refractivity contribution in [2.24, 2.45) is 0 Å². The Labute approximate surface area is 198 Å². The van der Waals surface area contributed by atoms with Gasteiger partial charge in [-0.15, -0.1) is 0 Å². The van der Waals surface area contributed by atoms with E-state index in [0.29, 0.717) is 17.1 Å². The highest BCUT2D eigenvalue weighted by molar-refractivity contribution is 6.31. The first-order chi connectivity index (χ1) is 16.1. The average molecular weight is 457 g/mol. The van der Waals surface area contributed by atoms with Gasteiger partial charge in [-0.25, -0.2) is 9.97 Å². The molecule has 3 heterocycles. The van der Waals surface area contributed by atoms with E-state index in [0.717, 1.165) is 64.5 Å². The Morgan fingerprint density at radius 3 is 2.79 bits per heavy atom. The lowest BCUT2D eigenvalue weighted by Crippen LogP contribution is -2.01. The number of halogens is 1. The van der Waals surface area contributed by atoms with Gasteiger partial charge < -0.3 is 5.32 Å². The number of aromatic amines is 1. The molecule has 0 aliphatic rings. The lowest BCUT2D eigenvalue weighted by molar-refractivity contribution is 0.777. The molecule has 6 nitrogen and oxygen atoms in total. The van der Waals surface area contributed by atoms with Crippen LogP contribution in [0.4, 0.5) is 5.82 Å². The van der Waals surface area contributed by atoms with Gasteiger partial charge in [0.15, 0.2) is 0 Å². The average Bonchev–Trinajstić information content (AvgIpc) is 3.31. The molecule has 0 saturated carbocycles. The predicted octanol–water partition coefficient (Wildman–Crippen LogP) is 6.32. The van der Waals surface area contributed by atoms with Gasteiger partial charge in [-0.2, -0.15) is 10.4 Å². The van der Waals surface area contributed by atoms with Gasteiger partial charge in [0.2, 0.25) is 0 Å². The Morgan fingerprint density at radius 1 is 1.12 bits per heavy atom. The Balaban J connectivity index is 1.46. The van der Waals surface area contributed by atoms with E-state index in [1.54, 1.807) is 6.20 Å². The van der Waals surface area contributed by atoms with Crippen LogP contribution in [0.2, 0.25) is 5.02 Å². The molecular formula is C26H25ClN6. The van der Waals surface area contributed by atoms with Gasteiger partial charge in [-0.1, -0.05) is 31.0 Å². The molecule has 0 fully saturated rings. The summed E-state index contributed by atoms with van der Waals surface area (Å²) in [6.45, 7) is 4.69. The molecule has 0 unspecified atom stereocenters. The first-order valence-corrected chi connectivity index (χ1v) is 11.4. The predicted molar refractivity (Wildman–Crippen MR) is 132 cm³/mol. The van der Waals surface area contributed by atoms with Gasteiger partial charge in [-0.3, -0.25) is 5.10 Å². The maximum absolute atomic E-state index is 9.09. The molecule has 0 atom stereocenters. The van der Waals surface area contributed by atoms with Gasteiger partial charge in [0.1, 0.15) is 5.82 Å². The van der Waals surface area contributed by atoms with Gasteiger partial charge in [-0.05, 0) is 78.9 Å². The standard InChI is InChI=1S/C26H25ClN6/c1-3-4-5-23-22(27)8-9-24(31-23)25-14-20(32-33-25)16-30-26-13-19(10-11-29-26)21-7-6-18(15-28)12-17(21)2/h6-14H,3-5,16H2,1-2H3,(H,29,30)(H,32,33). The second-order valence-electron chi connectivity index (χ2n) is 7.93. The Hall–Kier alpha value is -3.69. The molecule has 0 aliphatic carbocycles. The molecule has 4 aromatic rings. The van der Waals surface area contributed by atoms with Crippen LogP contribution in [0, 0.1) is 18.3 Å². The van der Waals surface area contributed by atoms with Crippen LogP contribution in [0.5, 0.6) is 0 Å². The maximum Gasteiger partial charge on any atom is 0.126 e. The highest BCUT2D eigenvalue weighted by atomic mass is 35.5. The van der Waals surface area contributed by atoms with Crippen LogP contribution in [0.1, 0.15) is 42.3 Å². The summed E-state index contributed by atoms with van der Waals surface area (Å²) in [6.07, 6.45) is 4.80. The summed E-state index contributed by atoms with van der Waals surface area (Å²) in [7, 11) is 0. The van der Waals surface area contributed by atoms with E-state index in [1.165, 1.54) is 0 Å². The number of hydrogen-bond donors (Lipinski definition) is 2. The van der Waals surface area contributed by atoms with Crippen molar-refractivity contribution in [3.8, 4) is 28.6 Å². The summed E-state index contributed by atoms with van der Waals surface area (Å²) in [4.78, 5) is 9.15. The number of rotatable bonds is 8. The molecule has 2 N–H and O–H groups in total. The highest BCUT2D eigenvalue weighted by Gasteiger charge is 2.10. The zero-order valence-corrected chi connectivity index (χ0v) is 19.4. The highest BCUT2D eigenvalue weighted by Crippen LogP contribution is 2.26. The third kappa shape index (κ3) is 5.39. The summed E-state index contributed by atoms with van der Waals surface area (Å²) in [5, 5.41) is 20.6. The van der Waals surface area contributed by atoms with Crippen molar-refractivity contribution in [3.05, 3.63) is 82.3 Å². The summed E-state index contributed by atoms with van der Waals surface area (Å²) in [5.41, 5.74) is 7.30. The number of H-pyrrole nitrogens is 1. The number of hydrogen-bond acceptors (Lipinski definition) is 5. The minimum atomic E-state index is 0.523. The Morgan fingerprint density at radius 2 is 2.00 bits per heavy atom. The van der Waals surface area contributed by atoms with E-state index < -0.39 is 0 Å². The van der Waals surface area contributed by atoms with Gasteiger partial charge >= 0.3 is 0 Å². The van der Waals surface area contributed by atoms with Crippen LogP contribution in [-0.4, -0.2) is 20.2 Å². The van der Waals surface area contributed by atoms with Gasteiger partial charge in [0.25, 0.3) is 0 Å². The molecule has 0 saturated heterocycles. The van der Waals surface area contributed by atoms with Crippen LogP contribution in [-0.2, 0) is 13.0 Å². The third-order valence-electron chi connectivity index (χ3n) is 5.47. The molecule has 0 bridgehead atoms. The third-order valence-corrected chi connectivity index (χ3v) is 5.81. The van der Waals surface area contributed by atoms with Crippen LogP contribution in [0.25, 0.3) is 22.5 Å². The maximum atomic E-state index is 9.09. The molecule has 33 heavy (non-hydrogen) atoms. The monoisotopic (exact) mass is 456 g/mol. The Bertz CT molecular complexity index is 1300. The smallest absolute Gasteiger partial charge is 0.126 e. The van der Waals surface area contributed by atoms with Crippen molar-refractivity contribution in [2.45, 2.75) is 39.7 Å². The fraction of sp³-hybridized carbons (Fsp3) is 0.231. The summed E-state index contributed by atoms with van der Waals surface area (Å²) in [6, 6.07) is 17.6. The van der Waals surface area contributed by atoms with Crippen molar-refractivity contribution >= 4 is 17.4 Å². The van der Waals surface area contributed by atoms with Crippen molar-refractivity contribution in [2.75, 3.05) is 5.32 Å². The lowest BCUT2D eigenvalue weighted by Gasteiger charge is -2.09. The van der Waals surface area contributed by atoms with Crippen LogP contribution < -0.4 is 5.32 Å². The molecule has 7 heteroatoms. The van der Waals surface area contributed by atoms with Crippen molar-refractivity contribution in [1.29, 1.82) is 5.26 Å². The zero-order valence-electron chi connectivity index (χ0n) is 18.7. The van der Waals surface area contributed by atoms with Crippen molar-refractivity contribution in [1.82, 2.24) is 20.2 Å². The minimum absolute atomic E-state index is 0.523. The number of benzene rings is 1. The fourth-order valence-corrected chi connectivity index (χ4v) is 3.87. The van der Waals surface area contributed by atoms with Crippen molar-refractivity contribution in [3.63, 3.8) is 0 Å². The number of aryl methyl sites for hydroxylation is 2. The second kappa shape index (κ2) is 10.3. The normalized spacial score (nSPS) is 10.7. The van der Waals surface area contributed by atoms with E-state index in [2.05, 4.69) is 33.5 Å². The second-order valence-corrected chi connectivity index (χ2v) is 8.33.